The number of allylic oxidation sites excluding steroid dienone is 1. The molecule has 0 bridgehead atoms. The zero-order chi connectivity index (χ0) is 10.5. The number of hydrogen-bond donors (Lipinski definition) is 1. The van der Waals surface area contributed by atoms with E-state index < -0.39 is 0 Å². The summed E-state index contributed by atoms with van der Waals surface area (Å²) in [6, 6.07) is 10.5. The van der Waals surface area contributed by atoms with Crippen LogP contribution in [0.2, 0.25) is 0 Å². The van der Waals surface area contributed by atoms with Crippen LogP contribution < -0.4 is 0 Å². The highest BCUT2D eigenvalue weighted by Crippen LogP contribution is 2.21. The maximum atomic E-state index is 9.70. The van der Waals surface area contributed by atoms with Gasteiger partial charge in [-0.3, -0.25) is 0 Å². The minimum Gasteiger partial charge on any atom is -0.393 e. The molecule has 80 valence electrons. The molecule has 1 aliphatic rings. The second kappa shape index (κ2) is 5.13. The van der Waals surface area contributed by atoms with Gasteiger partial charge in [-0.05, 0) is 37.7 Å². The topological polar surface area (TPSA) is 20.2 Å². The predicted molar refractivity (Wildman–Crippen MR) is 62.7 cm³/mol. The van der Waals surface area contributed by atoms with E-state index in [1.165, 1.54) is 11.1 Å². The van der Waals surface area contributed by atoms with Gasteiger partial charge in [-0.2, -0.15) is 0 Å². The molecule has 0 aliphatic heterocycles. The van der Waals surface area contributed by atoms with E-state index in [1.54, 1.807) is 0 Å². The molecule has 0 heterocycles. The minimum atomic E-state index is -0.123. The van der Waals surface area contributed by atoms with Crippen LogP contribution in [0.3, 0.4) is 0 Å². The number of benzene rings is 1. The summed E-state index contributed by atoms with van der Waals surface area (Å²) in [5, 5.41) is 9.70. The van der Waals surface area contributed by atoms with Crippen LogP contribution in [0, 0.1) is 0 Å². The van der Waals surface area contributed by atoms with E-state index in [0.717, 1.165) is 32.1 Å². The van der Waals surface area contributed by atoms with E-state index in [9.17, 15) is 5.11 Å². The Hall–Kier alpha value is -1.08. The van der Waals surface area contributed by atoms with Gasteiger partial charge in [0.1, 0.15) is 0 Å². The Balaban J connectivity index is 2.02. The number of aliphatic hydroxyl groups is 1. The average molecular weight is 202 g/mol. The molecule has 1 aliphatic carbocycles. The van der Waals surface area contributed by atoms with Crippen molar-refractivity contribution >= 4 is 0 Å². The molecule has 1 aromatic rings. The number of hydrogen-bond acceptors (Lipinski definition) is 1. The second-order valence-corrected chi connectivity index (χ2v) is 4.31. The van der Waals surface area contributed by atoms with E-state index in [2.05, 4.69) is 30.3 Å². The average Bonchev–Trinajstić information content (AvgIpc) is 2.44. The molecule has 0 saturated heterocycles. The van der Waals surface area contributed by atoms with Gasteiger partial charge in [0.05, 0.1) is 6.10 Å². The Bertz CT molecular complexity index is 326. The largest absolute Gasteiger partial charge is 0.393 e. The van der Waals surface area contributed by atoms with Crippen molar-refractivity contribution in [3.05, 3.63) is 47.5 Å². The molecule has 0 saturated carbocycles. The molecule has 1 heteroatoms. The first-order valence-corrected chi connectivity index (χ1v) is 5.74. The summed E-state index contributed by atoms with van der Waals surface area (Å²) in [7, 11) is 0. The summed E-state index contributed by atoms with van der Waals surface area (Å²) < 4.78 is 0. The Morgan fingerprint density at radius 2 is 2.00 bits per heavy atom. The van der Waals surface area contributed by atoms with Crippen LogP contribution in [-0.4, -0.2) is 11.2 Å². The summed E-state index contributed by atoms with van der Waals surface area (Å²) >= 11 is 0. The second-order valence-electron chi connectivity index (χ2n) is 4.31. The molecule has 0 radical (unpaired) electrons. The van der Waals surface area contributed by atoms with Gasteiger partial charge in [0.25, 0.3) is 0 Å². The van der Waals surface area contributed by atoms with Crippen molar-refractivity contribution in [3.63, 3.8) is 0 Å². The van der Waals surface area contributed by atoms with Crippen molar-refractivity contribution in [2.75, 3.05) is 0 Å². The van der Waals surface area contributed by atoms with Gasteiger partial charge in [-0.15, -0.1) is 0 Å². The third-order valence-electron chi connectivity index (χ3n) is 2.95. The fourth-order valence-electron chi connectivity index (χ4n) is 2.15. The Kier molecular flexibility index (Phi) is 3.57. The monoisotopic (exact) mass is 202 g/mol. The maximum Gasteiger partial charge on any atom is 0.0577 e. The summed E-state index contributed by atoms with van der Waals surface area (Å²) in [5.74, 6) is 0. The lowest BCUT2D eigenvalue weighted by molar-refractivity contribution is 0.164. The van der Waals surface area contributed by atoms with Gasteiger partial charge in [-0.25, -0.2) is 0 Å². The van der Waals surface area contributed by atoms with Crippen molar-refractivity contribution in [2.45, 2.75) is 38.2 Å². The quantitative estimate of drug-likeness (QED) is 0.731. The van der Waals surface area contributed by atoms with Crippen LogP contribution in [-0.2, 0) is 6.42 Å². The first-order chi connectivity index (χ1) is 7.34. The molecule has 0 spiro atoms. The van der Waals surface area contributed by atoms with Gasteiger partial charge < -0.3 is 5.11 Å². The Morgan fingerprint density at radius 3 is 2.80 bits per heavy atom. The minimum absolute atomic E-state index is 0.123. The van der Waals surface area contributed by atoms with Gasteiger partial charge in [0, 0.05) is 0 Å². The molecule has 15 heavy (non-hydrogen) atoms. The molecule has 1 unspecified atom stereocenters. The van der Waals surface area contributed by atoms with E-state index in [0.29, 0.717) is 0 Å². The van der Waals surface area contributed by atoms with Crippen LogP contribution >= 0.6 is 0 Å². The van der Waals surface area contributed by atoms with Crippen LogP contribution in [0.25, 0.3) is 0 Å². The van der Waals surface area contributed by atoms with Crippen molar-refractivity contribution in [3.8, 4) is 0 Å². The summed E-state index contributed by atoms with van der Waals surface area (Å²) in [4.78, 5) is 0. The zero-order valence-electron chi connectivity index (χ0n) is 9.02. The first kappa shape index (κ1) is 10.4. The van der Waals surface area contributed by atoms with Crippen molar-refractivity contribution in [1.29, 1.82) is 0 Å². The lowest BCUT2D eigenvalue weighted by Gasteiger charge is -2.09. The molecule has 0 aromatic heterocycles. The molecule has 2 rings (SSSR count). The van der Waals surface area contributed by atoms with Gasteiger partial charge in [0.2, 0.25) is 0 Å². The van der Waals surface area contributed by atoms with Crippen LogP contribution in [0.5, 0.6) is 0 Å². The molecule has 0 amide bonds. The van der Waals surface area contributed by atoms with Crippen molar-refractivity contribution in [2.24, 2.45) is 0 Å². The molecule has 1 atom stereocenters. The van der Waals surface area contributed by atoms with Crippen LogP contribution in [0.4, 0.5) is 0 Å². The first-order valence-electron chi connectivity index (χ1n) is 5.74. The van der Waals surface area contributed by atoms with Gasteiger partial charge in [0.15, 0.2) is 0 Å². The van der Waals surface area contributed by atoms with Gasteiger partial charge >= 0.3 is 0 Å². The van der Waals surface area contributed by atoms with Crippen molar-refractivity contribution in [1.82, 2.24) is 0 Å². The lowest BCUT2D eigenvalue weighted by Crippen LogP contribution is -2.06. The Morgan fingerprint density at radius 1 is 1.20 bits per heavy atom. The SMILES string of the molecule is OC1CCCC=C(Cc2ccccc2)C1. The summed E-state index contributed by atoms with van der Waals surface area (Å²) in [5.41, 5.74) is 2.74. The number of rotatable bonds is 2. The molecular formula is C14H18O. The third kappa shape index (κ3) is 3.21. The molecule has 1 nitrogen and oxygen atoms in total. The van der Waals surface area contributed by atoms with Crippen LogP contribution in [0.1, 0.15) is 31.2 Å². The smallest absolute Gasteiger partial charge is 0.0577 e. The molecule has 1 N–H and O–H groups in total. The van der Waals surface area contributed by atoms with E-state index in [-0.39, 0.29) is 6.10 Å². The Labute approximate surface area is 91.4 Å². The molecular weight excluding hydrogens is 184 g/mol. The van der Waals surface area contributed by atoms with Crippen LogP contribution in [0.15, 0.2) is 42.0 Å². The van der Waals surface area contributed by atoms with E-state index in [1.807, 2.05) is 6.07 Å². The highest BCUT2D eigenvalue weighted by molar-refractivity contribution is 5.22. The van der Waals surface area contributed by atoms with E-state index in [4.69, 9.17) is 0 Å². The molecule has 1 aromatic carbocycles. The fourth-order valence-corrected chi connectivity index (χ4v) is 2.15. The van der Waals surface area contributed by atoms with Crippen molar-refractivity contribution < 1.29 is 5.11 Å². The predicted octanol–water partition coefficient (Wildman–Crippen LogP) is 3.09. The lowest BCUT2D eigenvalue weighted by atomic mass is 10.0. The highest BCUT2D eigenvalue weighted by Gasteiger charge is 2.11. The van der Waals surface area contributed by atoms with E-state index >= 15 is 0 Å². The van der Waals surface area contributed by atoms with Gasteiger partial charge in [-0.1, -0.05) is 42.0 Å². The fraction of sp³-hybridized carbons (Fsp3) is 0.429. The maximum absolute atomic E-state index is 9.70. The standard InChI is InChI=1S/C14H18O/c15-14-9-5-4-8-13(11-14)10-12-6-2-1-3-7-12/h1-3,6-8,14-15H,4-5,9-11H2. The zero-order valence-corrected chi connectivity index (χ0v) is 9.02. The normalized spacial score (nSPS) is 21.9. The summed E-state index contributed by atoms with van der Waals surface area (Å²) in [6.07, 6.45) is 7.24. The summed E-state index contributed by atoms with van der Waals surface area (Å²) in [6.45, 7) is 0. The third-order valence-corrected chi connectivity index (χ3v) is 2.95. The number of aliphatic hydroxyl groups excluding tert-OH is 1. The highest BCUT2D eigenvalue weighted by atomic mass is 16.3. The molecule has 0 fully saturated rings.